The van der Waals surface area contributed by atoms with Gasteiger partial charge in [0.05, 0.1) is 24.4 Å². The van der Waals surface area contributed by atoms with E-state index in [0.29, 0.717) is 0 Å². The van der Waals surface area contributed by atoms with Crippen LogP contribution in [0.4, 0.5) is 20.8 Å². The van der Waals surface area contributed by atoms with Crippen molar-refractivity contribution in [1.29, 1.82) is 0 Å². The number of aliphatic hydroxyl groups is 1. The van der Waals surface area contributed by atoms with Crippen LogP contribution in [0, 0.1) is 0 Å². The van der Waals surface area contributed by atoms with Gasteiger partial charge in [-0.3, -0.25) is 14.0 Å². The molecule has 0 radical (unpaired) electrons. The predicted octanol–water partition coefficient (Wildman–Crippen LogP) is 2.90. The number of nitrogens with one attached hydrogen (secondary N) is 2. The molecule has 1 fully saturated rings. The van der Waals surface area contributed by atoms with Gasteiger partial charge in [0.25, 0.3) is 5.91 Å². The second-order valence-corrected chi connectivity index (χ2v) is 11.8. The Kier molecular flexibility index (Phi) is 11.5. The Morgan fingerprint density at radius 3 is 2.48 bits per heavy atom. The topological polar surface area (TPSA) is 152 Å². The van der Waals surface area contributed by atoms with Crippen LogP contribution < -0.4 is 14.9 Å². The monoisotopic (exact) mass is 601 g/mol. The first kappa shape index (κ1) is 33.0. The Bertz CT molecular complexity index is 1270. The second-order valence-electron chi connectivity index (χ2n) is 9.81. The van der Waals surface area contributed by atoms with Gasteiger partial charge >= 0.3 is 6.09 Å². The van der Waals surface area contributed by atoms with Gasteiger partial charge in [0, 0.05) is 25.2 Å². The van der Waals surface area contributed by atoms with Gasteiger partial charge in [-0.1, -0.05) is 37.3 Å². The van der Waals surface area contributed by atoms with Crippen LogP contribution in [0.25, 0.3) is 0 Å². The van der Waals surface area contributed by atoms with E-state index in [2.05, 4.69) is 15.6 Å². The highest BCUT2D eigenvalue weighted by molar-refractivity contribution is 7.92. The average Bonchev–Trinajstić information content (AvgIpc) is 3.28. The summed E-state index contributed by atoms with van der Waals surface area (Å²) >= 11 is 0. The molecule has 14 heteroatoms. The number of aliphatic hydroxyl groups excluding tert-OH is 1. The standard InChI is InChI=1S/C26H36FN5O6S.ClH/c1-5-16(2)28-21-14-18(15-22(30-21)31(3)39(4,37)38)25(34)29-20(13-17-9-7-6-8-10-17)24(33)23-19(27)11-12-32(23)26(35)36;/h6-10,14-16,19-20,23-24,33H,5,11-13H2,1-4H3,(H,28,30)(H,29,34)(H,35,36);1H/t16-,19?,20?,23?,24?;/m0./s1. The fraction of sp³-hybridized carbons (Fsp3) is 0.500. The zero-order chi connectivity index (χ0) is 28.9. The van der Waals surface area contributed by atoms with E-state index < -0.39 is 46.4 Å². The van der Waals surface area contributed by atoms with Crippen molar-refractivity contribution < 1.29 is 32.6 Å². The first-order chi connectivity index (χ1) is 18.3. The number of rotatable bonds is 11. The zero-order valence-corrected chi connectivity index (χ0v) is 24.5. The lowest BCUT2D eigenvalue weighted by molar-refractivity contribution is 0.0205. The van der Waals surface area contributed by atoms with Crippen LogP contribution in [0.5, 0.6) is 0 Å². The Morgan fingerprint density at radius 1 is 1.25 bits per heavy atom. The van der Waals surface area contributed by atoms with E-state index in [1.165, 1.54) is 19.2 Å². The molecule has 5 atom stereocenters. The molecule has 1 saturated heterocycles. The predicted molar refractivity (Wildman–Crippen MR) is 154 cm³/mol. The summed E-state index contributed by atoms with van der Waals surface area (Å²) < 4.78 is 40.1. The molecule has 4 N–H and O–H groups in total. The lowest BCUT2D eigenvalue weighted by Crippen LogP contribution is -2.56. The van der Waals surface area contributed by atoms with Crippen molar-refractivity contribution in [2.24, 2.45) is 0 Å². The lowest BCUT2D eigenvalue weighted by atomic mass is 9.94. The fourth-order valence-corrected chi connectivity index (χ4v) is 4.85. The van der Waals surface area contributed by atoms with E-state index >= 15 is 0 Å². The number of sulfonamides is 1. The molecule has 0 bridgehead atoms. The average molecular weight is 602 g/mol. The molecule has 2 aromatic rings. The van der Waals surface area contributed by atoms with Crippen molar-refractivity contribution in [3.05, 3.63) is 53.6 Å². The van der Waals surface area contributed by atoms with Crippen LogP contribution in [-0.2, 0) is 16.4 Å². The molecule has 0 aliphatic carbocycles. The molecule has 0 spiro atoms. The van der Waals surface area contributed by atoms with Crippen LogP contribution in [0.2, 0.25) is 0 Å². The number of carbonyl (C=O) groups excluding carboxylic acids is 1. The highest BCUT2D eigenvalue weighted by Crippen LogP contribution is 2.27. The summed E-state index contributed by atoms with van der Waals surface area (Å²) in [6.45, 7) is 3.79. The Balaban J connectivity index is 0.00000560. The van der Waals surface area contributed by atoms with Crippen molar-refractivity contribution in [2.45, 2.75) is 63.5 Å². The van der Waals surface area contributed by atoms with Crippen LogP contribution in [0.15, 0.2) is 42.5 Å². The zero-order valence-electron chi connectivity index (χ0n) is 22.8. The third-order valence-electron chi connectivity index (χ3n) is 6.90. The molecule has 0 saturated carbocycles. The number of amides is 2. The van der Waals surface area contributed by atoms with Gasteiger partial charge < -0.3 is 20.8 Å². The third-order valence-corrected chi connectivity index (χ3v) is 8.08. The number of alkyl halides is 1. The molecule has 4 unspecified atom stereocenters. The van der Waals surface area contributed by atoms with Crippen molar-refractivity contribution in [2.75, 3.05) is 29.5 Å². The molecule has 3 rings (SSSR count). The van der Waals surface area contributed by atoms with Crippen molar-refractivity contribution >= 4 is 46.1 Å². The number of hydrogen-bond acceptors (Lipinski definition) is 7. The van der Waals surface area contributed by atoms with E-state index in [9.17, 15) is 32.6 Å². The van der Waals surface area contributed by atoms with Gasteiger partial charge in [-0.05, 0) is 43.9 Å². The number of aromatic nitrogens is 1. The Labute approximate surface area is 240 Å². The minimum absolute atomic E-state index is 0. The van der Waals surface area contributed by atoms with Gasteiger partial charge in [0.15, 0.2) is 0 Å². The van der Waals surface area contributed by atoms with Gasteiger partial charge in [-0.2, -0.15) is 0 Å². The quantitative estimate of drug-likeness (QED) is 0.307. The summed E-state index contributed by atoms with van der Waals surface area (Å²) in [5, 5.41) is 26.7. The van der Waals surface area contributed by atoms with E-state index in [4.69, 9.17) is 0 Å². The smallest absolute Gasteiger partial charge is 0.407 e. The Hall–Kier alpha value is -3.16. The normalized spacial score (nSPS) is 19.2. The number of pyridine rings is 1. The van der Waals surface area contributed by atoms with E-state index in [1.54, 1.807) is 30.3 Å². The number of hydrogen-bond donors (Lipinski definition) is 4. The fourth-order valence-electron chi connectivity index (χ4n) is 4.42. The van der Waals surface area contributed by atoms with E-state index in [1.807, 2.05) is 13.8 Å². The van der Waals surface area contributed by atoms with Crippen molar-refractivity contribution in [3.63, 3.8) is 0 Å². The first-order valence-electron chi connectivity index (χ1n) is 12.7. The van der Waals surface area contributed by atoms with Crippen molar-refractivity contribution in [1.82, 2.24) is 15.2 Å². The SMILES string of the molecule is CC[C@H](C)Nc1cc(C(=O)NC(Cc2ccccc2)C(O)C2C(F)CCN2C(=O)O)cc(N(C)S(C)(=O)=O)n1.Cl. The molecule has 1 aromatic carbocycles. The molecule has 2 heterocycles. The Morgan fingerprint density at radius 2 is 1.90 bits per heavy atom. The van der Waals surface area contributed by atoms with Crippen LogP contribution in [0.3, 0.4) is 0 Å². The van der Waals surface area contributed by atoms with E-state index in [0.717, 1.165) is 27.4 Å². The molecule has 222 valence electrons. The number of halogens is 2. The van der Waals surface area contributed by atoms with Crippen LogP contribution in [-0.4, -0.2) is 90.8 Å². The lowest BCUT2D eigenvalue weighted by Gasteiger charge is -2.33. The minimum Gasteiger partial charge on any atom is -0.465 e. The number of anilines is 2. The highest BCUT2D eigenvalue weighted by atomic mass is 35.5. The number of likely N-dealkylation sites (tertiary alicyclic amines) is 1. The summed E-state index contributed by atoms with van der Waals surface area (Å²) in [4.78, 5) is 30.4. The van der Waals surface area contributed by atoms with Gasteiger partial charge in [-0.25, -0.2) is 22.6 Å². The number of nitrogens with zero attached hydrogens (tertiary/aromatic N) is 3. The molecular formula is C26H37ClFN5O6S. The molecule has 1 aliphatic rings. The second kappa shape index (κ2) is 14.0. The summed E-state index contributed by atoms with van der Waals surface area (Å²) in [6, 6.07) is 9.25. The summed E-state index contributed by atoms with van der Waals surface area (Å²) in [5.74, 6) is -0.380. The molecule has 11 nitrogen and oxygen atoms in total. The number of benzene rings is 1. The van der Waals surface area contributed by atoms with Gasteiger partial charge in [0.1, 0.15) is 17.8 Å². The van der Waals surface area contributed by atoms with Gasteiger partial charge in [0.2, 0.25) is 10.0 Å². The van der Waals surface area contributed by atoms with Crippen LogP contribution in [0.1, 0.15) is 42.6 Å². The third kappa shape index (κ3) is 8.18. The first-order valence-corrected chi connectivity index (χ1v) is 14.6. The summed E-state index contributed by atoms with van der Waals surface area (Å²) in [5.41, 5.74) is 0.799. The van der Waals surface area contributed by atoms with Crippen molar-refractivity contribution in [3.8, 4) is 0 Å². The maximum Gasteiger partial charge on any atom is 0.407 e. The molecular weight excluding hydrogens is 565 g/mol. The number of carboxylic acid groups (broad SMARTS) is 1. The summed E-state index contributed by atoms with van der Waals surface area (Å²) in [7, 11) is -2.37. The maximum absolute atomic E-state index is 14.8. The molecule has 40 heavy (non-hydrogen) atoms. The highest BCUT2D eigenvalue weighted by Gasteiger charge is 2.45. The van der Waals surface area contributed by atoms with Crippen LogP contribution >= 0.6 is 12.4 Å². The summed E-state index contributed by atoms with van der Waals surface area (Å²) in [6.07, 6.45) is -2.72. The van der Waals surface area contributed by atoms with E-state index in [-0.39, 0.29) is 55.0 Å². The minimum atomic E-state index is -3.69. The maximum atomic E-state index is 14.8. The largest absolute Gasteiger partial charge is 0.465 e. The van der Waals surface area contributed by atoms with Gasteiger partial charge in [-0.15, -0.1) is 12.4 Å². The number of carbonyl (C=O) groups is 2. The molecule has 1 aromatic heterocycles. The molecule has 1 aliphatic heterocycles. The molecule has 2 amide bonds.